The van der Waals surface area contributed by atoms with Crippen LogP contribution in [0.5, 0.6) is 0 Å². The van der Waals surface area contributed by atoms with E-state index in [1.807, 2.05) is 0 Å². The summed E-state index contributed by atoms with van der Waals surface area (Å²) in [5.74, 6) is 4.95. The molecular weight excluding hydrogens is 136 g/mol. The number of allylic oxidation sites excluding steroid dienone is 1. The number of rotatable bonds is 1. The lowest BCUT2D eigenvalue weighted by atomic mass is 10.3. The van der Waals surface area contributed by atoms with Crippen molar-refractivity contribution in [3.8, 4) is 11.8 Å². The smallest absolute Gasteiger partial charge is 0.133 e. The number of aliphatic hydroxyl groups is 1. The molecule has 0 aromatic rings. The van der Waals surface area contributed by atoms with Gasteiger partial charge in [0.2, 0.25) is 0 Å². The van der Waals surface area contributed by atoms with Crippen LogP contribution < -0.4 is 0 Å². The Morgan fingerprint density at radius 3 is 2.78 bits per heavy atom. The van der Waals surface area contributed by atoms with E-state index in [0.29, 0.717) is 0 Å². The highest BCUT2D eigenvalue weighted by Crippen LogP contribution is 1.79. The number of halogens is 1. The largest absolute Gasteiger partial charge is 0.377 e. The van der Waals surface area contributed by atoms with Crippen molar-refractivity contribution < 1.29 is 5.11 Å². The van der Waals surface area contributed by atoms with Crippen LogP contribution in [0.1, 0.15) is 0 Å². The van der Waals surface area contributed by atoms with Crippen LogP contribution >= 0.6 is 11.6 Å². The minimum absolute atomic E-state index is 0.752. The Labute approximate surface area is 59.6 Å². The SMILES string of the molecule is C=CC(O)C#C/C=C\Cl. The molecule has 0 fully saturated rings. The fourth-order valence-electron chi connectivity index (χ4n) is 0.224. The van der Waals surface area contributed by atoms with Gasteiger partial charge >= 0.3 is 0 Å². The van der Waals surface area contributed by atoms with Gasteiger partial charge in [0.15, 0.2) is 0 Å². The molecule has 0 aliphatic carbocycles. The Morgan fingerprint density at radius 1 is 1.67 bits per heavy atom. The Bertz CT molecular complexity index is 161. The van der Waals surface area contributed by atoms with Gasteiger partial charge in [-0.05, 0) is 6.08 Å². The second-order valence-corrected chi connectivity index (χ2v) is 1.51. The van der Waals surface area contributed by atoms with E-state index in [9.17, 15) is 0 Å². The van der Waals surface area contributed by atoms with Crippen molar-refractivity contribution in [1.29, 1.82) is 0 Å². The van der Waals surface area contributed by atoms with Crippen LogP contribution in [0.4, 0.5) is 0 Å². The molecule has 9 heavy (non-hydrogen) atoms. The summed E-state index contributed by atoms with van der Waals surface area (Å²) in [6.45, 7) is 3.33. The second-order valence-electron chi connectivity index (χ2n) is 1.26. The Balaban J connectivity index is 3.71. The average molecular weight is 143 g/mol. The molecule has 0 aromatic heterocycles. The predicted molar refractivity (Wildman–Crippen MR) is 39.0 cm³/mol. The molecule has 0 saturated heterocycles. The van der Waals surface area contributed by atoms with Crippen LogP contribution in [-0.2, 0) is 0 Å². The topological polar surface area (TPSA) is 20.2 Å². The highest BCUT2D eigenvalue weighted by atomic mass is 35.5. The van der Waals surface area contributed by atoms with E-state index in [1.165, 1.54) is 17.7 Å². The summed E-state index contributed by atoms with van der Waals surface area (Å²) in [5.41, 5.74) is 1.28. The highest BCUT2D eigenvalue weighted by Gasteiger charge is 1.83. The number of hydrogen-bond donors (Lipinski definition) is 1. The molecule has 0 spiro atoms. The zero-order chi connectivity index (χ0) is 7.11. The molecule has 0 aliphatic heterocycles. The molecule has 0 bridgehead atoms. The van der Waals surface area contributed by atoms with Crippen LogP contribution in [0.15, 0.2) is 24.3 Å². The van der Waals surface area contributed by atoms with E-state index in [0.717, 1.165) is 0 Å². The maximum Gasteiger partial charge on any atom is 0.133 e. The zero-order valence-electron chi connectivity index (χ0n) is 4.84. The first-order valence-electron chi connectivity index (χ1n) is 2.38. The van der Waals surface area contributed by atoms with Crippen molar-refractivity contribution >= 4 is 11.6 Å². The van der Waals surface area contributed by atoms with E-state index in [4.69, 9.17) is 16.7 Å². The van der Waals surface area contributed by atoms with E-state index in [2.05, 4.69) is 18.4 Å². The first-order valence-corrected chi connectivity index (χ1v) is 2.82. The van der Waals surface area contributed by atoms with Crippen molar-refractivity contribution in [2.24, 2.45) is 0 Å². The first-order chi connectivity index (χ1) is 4.31. The Hall–Kier alpha value is -0.710. The second kappa shape index (κ2) is 5.43. The molecule has 0 rings (SSSR count). The van der Waals surface area contributed by atoms with Crippen molar-refractivity contribution in [2.75, 3.05) is 0 Å². The summed E-state index contributed by atoms with van der Waals surface area (Å²) >= 11 is 5.14. The molecule has 0 heterocycles. The third-order valence-electron chi connectivity index (χ3n) is 0.601. The minimum Gasteiger partial charge on any atom is -0.377 e. The quantitative estimate of drug-likeness (QED) is 0.432. The molecular formula is C7H7ClO. The molecule has 0 aromatic carbocycles. The van der Waals surface area contributed by atoms with Gasteiger partial charge in [0, 0.05) is 5.54 Å². The summed E-state index contributed by atoms with van der Waals surface area (Å²) < 4.78 is 0. The summed E-state index contributed by atoms with van der Waals surface area (Å²) in [4.78, 5) is 0. The maximum absolute atomic E-state index is 8.72. The molecule has 0 saturated carbocycles. The zero-order valence-corrected chi connectivity index (χ0v) is 5.60. The summed E-state index contributed by atoms with van der Waals surface area (Å²) in [6.07, 6.45) is 2.03. The molecule has 1 nitrogen and oxygen atoms in total. The monoisotopic (exact) mass is 142 g/mol. The highest BCUT2D eigenvalue weighted by molar-refractivity contribution is 6.25. The van der Waals surface area contributed by atoms with Gasteiger partial charge < -0.3 is 5.11 Å². The van der Waals surface area contributed by atoms with Crippen LogP contribution in [0.2, 0.25) is 0 Å². The lowest BCUT2D eigenvalue weighted by molar-refractivity contribution is 0.281. The van der Waals surface area contributed by atoms with Crippen molar-refractivity contribution in [3.63, 3.8) is 0 Å². The van der Waals surface area contributed by atoms with Crippen molar-refractivity contribution in [1.82, 2.24) is 0 Å². The van der Waals surface area contributed by atoms with Gasteiger partial charge in [-0.3, -0.25) is 0 Å². The average Bonchev–Trinajstić information content (AvgIpc) is 1.89. The molecule has 1 N–H and O–H groups in total. The lowest BCUT2D eigenvalue weighted by Crippen LogP contribution is -1.94. The predicted octanol–water partition coefficient (Wildman–Crippen LogP) is 1.29. The van der Waals surface area contributed by atoms with E-state index in [-0.39, 0.29) is 0 Å². The maximum atomic E-state index is 8.72. The summed E-state index contributed by atoms with van der Waals surface area (Å²) in [7, 11) is 0. The van der Waals surface area contributed by atoms with E-state index < -0.39 is 6.10 Å². The van der Waals surface area contributed by atoms with E-state index >= 15 is 0 Å². The fourth-order valence-corrected chi connectivity index (χ4v) is 0.287. The molecule has 2 heteroatoms. The van der Waals surface area contributed by atoms with Gasteiger partial charge in [-0.1, -0.05) is 36.1 Å². The molecule has 0 aliphatic rings. The van der Waals surface area contributed by atoms with Gasteiger partial charge in [-0.15, -0.1) is 0 Å². The Kier molecular flexibility index (Phi) is 5.00. The third-order valence-corrected chi connectivity index (χ3v) is 0.727. The van der Waals surface area contributed by atoms with Gasteiger partial charge in [0.05, 0.1) is 0 Å². The van der Waals surface area contributed by atoms with Crippen LogP contribution in [0.25, 0.3) is 0 Å². The van der Waals surface area contributed by atoms with Gasteiger partial charge in [-0.25, -0.2) is 0 Å². The summed E-state index contributed by atoms with van der Waals surface area (Å²) in [6, 6.07) is 0. The molecule has 1 atom stereocenters. The normalized spacial score (nSPS) is 12.2. The first kappa shape index (κ1) is 8.29. The number of hydrogen-bond acceptors (Lipinski definition) is 1. The molecule has 0 amide bonds. The minimum atomic E-state index is -0.752. The van der Waals surface area contributed by atoms with Gasteiger partial charge in [-0.2, -0.15) is 0 Å². The van der Waals surface area contributed by atoms with Gasteiger partial charge in [0.25, 0.3) is 0 Å². The van der Waals surface area contributed by atoms with Gasteiger partial charge in [0.1, 0.15) is 6.10 Å². The van der Waals surface area contributed by atoms with Crippen molar-refractivity contribution in [3.05, 3.63) is 24.3 Å². The molecule has 48 valence electrons. The third kappa shape index (κ3) is 5.16. The Morgan fingerprint density at radius 2 is 2.33 bits per heavy atom. The standard InChI is InChI=1S/C7H7ClO/c1-2-7(9)5-3-4-6-8/h2,4,6-7,9H,1H2/b6-4-. The van der Waals surface area contributed by atoms with Crippen LogP contribution in [-0.4, -0.2) is 11.2 Å². The lowest BCUT2D eigenvalue weighted by Gasteiger charge is -1.86. The van der Waals surface area contributed by atoms with Crippen LogP contribution in [0, 0.1) is 11.8 Å². The summed E-state index contributed by atoms with van der Waals surface area (Å²) in [5, 5.41) is 8.72. The van der Waals surface area contributed by atoms with Crippen molar-refractivity contribution in [2.45, 2.75) is 6.10 Å². The van der Waals surface area contributed by atoms with E-state index in [1.54, 1.807) is 0 Å². The molecule has 0 radical (unpaired) electrons. The molecule has 1 unspecified atom stereocenters. The fraction of sp³-hybridized carbons (Fsp3) is 0.143. The van der Waals surface area contributed by atoms with Crippen LogP contribution in [0.3, 0.4) is 0 Å². The number of aliphatic hydroxyl groups excluding tert-OH is 1.